The number of benzene rings is 8. The first-order chi connectivity index (χ1) is 29.7. The highest BCUT2D eigenvalue weighted by Crippen LogP contribution is 2.58. The third-order valence-electron chi connectivity index (χ3n) is 12.7. The van der Waals surface area contributed by atoms with E-state index < -0.39 is 0 Å². The van der Waals surface area contributed by atoms with Crippen molar-refractivity contribution in [1.82, 2.24) is 28.6 Å². The van der Waals surface area contributed by atoms with E-state index in [0.29, 0.717) is 22.2 Å². The minimum absolute atomic E-state index is 0.573. The van der Waals surface area contributed by atoms with Crippen molar-refractivity contribution in [2.45, 2.75) is 6.92 Å². The Morgan fingerprint density at radius 2 is 1.00 bits per heavy atom. The quantitative estimate of drug-likeness (QED) is 0.163. The highest BCUT2D eigenvalue weighted by Gasteiger charge is 2.45. The first-order valence-electron chi connectivity index (χ1n) is 20.5. The second-order valence-electron chi connectivity index (χ2n) is 15.7. The fraction of sp³-hybridized carbons (Fsp3) is 0.0377. The smallest absolute Gasteiger partial charge is 0.240 e. The summed E-state index contributed by atoms with van der Waals surface area (Å²) in [5.41, 5.74) is 11.4. The Morgan fingerprint density at radius 3 is 1.70 bits per heavy atom. The van der Waals surface area contributed by atoms with Gasteiger partial charge >= 0.3 is 0 Å². The van der Waals surface area contributed by atoms with Crippen LogP contribution in [0.1, 0.15) is 6.92 Å². The van der Waals surface area contributed by atoms with E-state index in [2.05, 4.69) is 198 Å². The lowest BCUT2D eigenvalue weighted by molar-refractivity contribution is 0.557. The Morgan fingerprint density at radius 1 is 0.433 bits per heavy atom. The molecule has 0 aliphatic carbocycles. The molecule has 1 atom stereocenters. The Balaban J connectivity index is 1.13. The number of hydrogen-bond acceptors (Lipinski definition) is 4. The van der Waals surface area contributed by atoms with Gasteiger partial charge in [0.1, 0.15) is 5.69 Å². The maximum Gasteiger partial charge on any atom is 0.240 e. The molecule has 0 spiro atoms. The lowest BCUT2D eigenvalue weighted by Crippen LogP contribution is -2.36. The zero-order valence-electron chi connectivity index (χ0n) is 32.6. The monoisotopic (exact) mass is 787 g/mol. The summed E-state index contributed by atoms with van der Waals surface area (Å²) < 4.78 is 7.56. The molecule has 5 heterocycles. The van der Waals surface area contributed by atoms with Gasteiger partial charge in [0.05, 0.1) is 34.2 Å². The van der Waals surface area contributed by atoms with Crippen molar-refractivity contribution in [2.24, 2.45) is 0 Å². The first kappa shape index (κ1) is 33.5. The summed E-state index contributed by atoms with van der Waals surface area (Å²) in [6.45, 7) is 3.15. The second-order valence-corrected chi connectivity index (χ2v) is 16.7. The highest BCUT2D eigenvalue weighted by molar-refractivity contribution is 7.25. The number of nitrogens with zero attached hydrogens (tertiary/aromatic N) is 6. The van der Waals surface area contributed by atoms with Gasteiger partial charge in [-0.1, -0.05) is 115 Å². The lowest BCUT2D eigenvalue weighted by atomic mass is 10.0. The fourth-order valence-corrected chi connectivity index (χ4v) is 11.2. The zero-order valence-corrected chi connectivity index (χ0v) is 33.4. The molecule has 8 aromatic carbocycles. The Hall–Kier alpha value is -7.45. The first-order valence-corrected chi connectivity index (χ1v) is 21.3. The van der Waals surface area contributed by atoms with Crippen LogP contribution in [0.5, 0.6) is 0 Å². The maximum absolute atomic E-state index is 5.49. The summed E-state index contributed by atoms with van der Waals surface area (Å²) in [5, 5.41) is 7.14. The van der Waals surface area contributed by atoms with Gasteiger partial charge in [0.25, 0.3) is 0 Å². The van der Waals surface area contributed by atoms with Crippen molar-refractivity contribution < 1.29 is 0 Å². The fourth-order valence-electron chi connectivity index (χ4n) is 10.1. The largest absolute Gasteiger partial charge is 0.278 e. The van der Waals surface area contributed by atoms with E-state index in [-0.39, 0.29) is 0 Å². The van der Waals surface area contributed by atoms with Gasteiger partial charge in [-0.25, -0.2) is 4.48 Å². The summed E-state index contributed by atoms with van der Waals surface area (Å²) in [6.07, 6.45) is 0. The summed E-state index contributed by atoms with van der Waals surface area (Å²) in [6, 6.07) is 65.7. The molecule has 0 amide bonds. The van der Waals surface area contributed by atoms with E-state index in [4.69, 9.17) is 15.0 Å². The number of hydrogen-bond donors (Lipinski definition) is 0. The summed E-state index contributed by atoms with van der Waals surface area (Å²) in [4.78, 5) is 16.3. The Bertz CT molecular complexity index is 3670. The molecule has 4 aromatic heterocycles. The topological polar surface area (TPSA) is 48.5 Å². The predicted molar refractivity (Wildman–Crippen MR) is 250 cm³/mol. The standard InChI is InChI=1S/C53H35N6S/c1-2-59(34-16-4-3-5-17-34)47-26-14-9-21-38(47)42-31-41-37-20-8-13-25-45(37)58(46(41)32-48(42)59)53-55-51(33-28-29-40-39-22-10-15-27-49(39)60-50(40)30-33)54-52(56-53)57-43-23-11-6-18-35(43)36-19-7-12-24-44(36)57/h3-32H,2H2,1H3/q+1. The van der Waals surface area contributed by atoms with Gasteiger partial charge in [-0.2, -0.15) is 15.0 Å². The molecule has 0 fully saturated rings. The average molecular weight is 788 g/mol. The van der Waals surface area contributed by atoms with Crippen LogP contribution in [-0.2, 0) is 0 Å². The van der Waals surface area contributed by atoms with Crippen molar-refractivity contribution in [1.29, 1.82) is 0 Å². The summed E-state index contributed by atoms with van der Waals surface area (Å²) >= 11 is 1.80. The van der Waals surface area contributed by atoms with E-state index in [9.17, 15) is 0 Å². The van der Waals surface area contributed by atoms with Crippen molar-refractivity contribution in [2.75, 3.05) is 6.54 Å². The molecule has 0 saturated carbocycles. The summed E-state index contributed by atoms with van der Waals surface area (Å²) in [7, 11) is 0. The molecular weight excluding hydrogens is 753 g/mol. The average Bonchev–Trinajstić information content (AvgIpc) is 4.03. The van der Waals surface area contributed by atoms with Crippen LogP contribution < -0.4 is 4.48 Å². The van der Waals surface area contributed by atoms with Crippen LogP contribution in [0.15, 0.2) is 182 Å². The van der Waals surface area contributed by atoms with Crippen LogP contribution >= 0.6 is 11.3 Å². The van der Waals surface area contributed by atoms with E-state index >= 15 is 0 Å². The second kappa shape index (κ2) is 12.5. The highest BCUT2D eigenvalue weighted by atomic mass is 32.1. The van der Waals surface area contributed by atoms with Crippen molar-refractivity contribution in [3.63, 3.8) is 0 Å². The molecule has 0 saturated heterocycles. The van der Waals surface area contributed by atoms with Gasteiger partial charge < -0.3 is 0 Å². The molecule has 60 heavy (non-hydrogen) atoms. The molecule has 1 aliphatic heterocycles. The molecular formula is C53H35N6S+. The molecule has 0 N–H and O–H groups in total. The number of quaternary nitrogens is 1. The van der Waals surface area contributed by atoms with Crippen molar-refractivity contribution in [3.8, 4) is 34.4 Å². The number of fused-ring (bicyclic) bond motifs is 12. The van der Waals surface area contributed by atoms with Gasteiger partial charge in [0.15, 0.2) is 17.2 Å². The van der Waals surface area contributed by atoms with Crippen molar-refractivity contribution in [3.05, 3.63) is 182 Å². The van der Waals surface area contributed by atoms with E-state index in [1.165, 1.54) is 48.4 Å². The molecule has 1 aliphatic rings. The third kappa shape index (κ3) is 4.53. The number of para-hydroxylation sites is 5. The molecule has 0 bridgehead atoms. The van der Waals surface area contributed by atoms with Crippen LogP contribution in [0.25, 0.3) is 98.2 Å². The van der Waals surface area contributed by atoms with Crippen LogP contribution in [0.4, 0.5) is 17.1 Å². The minimum Gasteiger partial charge on any atom is -0.278 e. The predicted octanol–water partition coefficient (Wildman–Crippen LogP) is 14.1. The number of thiophene rings is 1. The molecule has 0 radical (unpaired) electrons. The van der Waals surface area contributed by atoms with E-state index in [0.717, 1.165) is 55.7 Å². The van der Waals surface area contributed by atoms with E-state index in [1.54, 1.807) is 11.3 Å². The normalized spacial score (nSPS) is 14.9. The maximum atomic E-state index is 5.49. The van der Waals surface area contributed by atoms with Crippen LogP contribution in [0.3, 0.4) is 0 Å². The SMILES string of the molecule is CC[N+]1(c2ccccc2)c2ccccc2-c2cc3c4ccccc4n(-c4nc(-c5ccc6c(c5)sc5ccccc56)nc(-n5c6ccccc6c6ccccc65)n4)c3cc21. The molecule has 7 heteroatoms. The minimum atomic E-state index is 0.573. The van der Waals surface area contributed by atoms with Crippen LogP contribution in [-0.4, -0.2) is 30.6 Å². The molecule has 13 rings (SSSR count). The molecule has 12 aromatic rings. The van der Waals surface area contributed by atoms with Gasteiger partial charge in [-0.05, 0) is 61.5 Å². The molecule has 282 valence electrons. The Labute approximate surface area is 349 Å². The van der Waals surface area contributed by atoms with Gasteiger partial charge in [0, 0.05) is 65.0 Å². The van der Waals surface area contributed by atoms with Gasteiger partial charge in [-0.15, -0.1) is 11.3 Å². The van der Waals surface area contributed by atoms with Gasteiger partial charge in [0.2, 0.25) is 11.9 Å². The van der Waals surface area contributed by atoms with Crippen LogP contribution in [0, 0.1) is 0 Å². The lowest BCUT2D eigenvalue weighted by Gasteiger charge is -2.33. The van der Waals surface area contributed by atoms with Crippen molar-refractivity contribution >= 4 is 92.2 Å². The molecule has 6 nitrogen and oxygen atoms in total. The van der Waals surface area contributed by atoms with E-state index in [1.807, 2.05) is 0 Å². The number of aromatic nitrogens is 5. The Kier molecular flexibility index (Phi) is 7.00. The third-order valence-corrected chi connectivity index (χ3v) is 13.8. The zero-order chi connectivity index (χ0) is 39.5. The summed E-state index contributed by atoms with van der Waals surface area (Å²) in [5.74, 6) is 1.77. The molecule has 1 unspecified atom stereocenters. The van der Waals surface area contributed by atoms with Crippen LogP contribution in [0.2, 0.25) is 0 Å². The van der Waals surface area contributed by atoms with Gasteiger partial charge in [-0.3, -0.25) is 9.13 Å². The number of rotatable bonds is 5.